The van der Waals surface area contributed by atoms with Crippen LogP contribution in [0.3, 0.4) is 0 Å². The first kappa shape index (κ1) is 11.6. The highest BCUT2D eigenvalue weighted by Crippen LogP contribution is 2.24. The summed E-state index contributed by atoms with van der Waals surface area (Å²) in [4.78, 5) is 11.6. The molecule has 3 nitrogen and oxygen atoms in total. The van der Waals surface area contributed by atoms with Gasteiger partial charge in [0.1, 0.15) is 0 Å². The molecule has 0 spiro atoms. The minimum Gasteiger partial charge on any atom is -0.353 e. The summed E-state index contributed by atoms with van der Waals surface area (Å²) < 4.78 is 11.2. The number of carbonyl (C=O) groups excluding carboxylic acids is 1. The van der Waals surface area contributed by atoms with Gasteiger partial charge in [-0.3, -0.25) is 4.79 Å². The van der Waals surface area contributed by atoms with Crippen LogP contribution in [0.1, 0.15) is 32.1 Å². The van der Waals surface area contributed by atoms with Crippen LogP contribution in [-0.2, 0) is 14.3 Å². The van der Waals surface area contributed by atoms with Gasteiger partial charge in [0.25, 0.3) is 0 Å². The molecule has 0 aromatic carbocycles. The van der Waals surface area contributed by atoms with Crippen LogP contribution < -0.4 is 0 Å². The first-order valence-corrected chi connectivity index (χ1v) is 5.91. The number of ketones is 1. The Balaban J connectivity index is 1.86. The number of Topliss-reactive ketones (excluding diaryl/α,β-unsaturated/α-hetero) is 1. The Morgan fingerprint density at radius 1 is 1.56 bits per heavy atom. The fourth-order valence-corrected chi connectivity index (χ4v) is 2.13. The standard InChI is InChI=1S/C13H18O3/c1-2-5-10-8-11(9-12(10)14)16-13-6-3-4-7-15-13/h2,8,11,13H,1,3-7,9H2. The van der Waals surface area contributed by atoms with Gasteiger partial charge >= 0.3 is 0 Å². The van der Waals surface area contributed by atoms with Crippen molar-refractivity contribution in [2.45, 2.75) is 44.5 Å². The quantitative estimate of drug-likeness (QED) is 0.685. The number of hydrogen-bond donors (Lipinski definition) is 0. The molecule has 2 atom stereocenters. The molecule has 2 rings (SSSR count). The van der Waals surface area contributed by atoms with Crippen LogP contribution in [0.15, 0.2) is 24.3 Å². The van der Waals surface area contributed by atoms with Gasteiger partial charge in [-0.15, -0.1) is 6.58 Å². The van der Waals surface area contributed by atoms with Crippen molar-refractivity contribution in [3.63, 3.8) is 0 Å². The molecular weight excluding hydrogens is 204 g/mol. The fraction of sp³-hybridized carbons (Fsp3) is 0.615. The highest BCUT2D eigenvalue weighted by Gasteiger charge is 2.27. The topological polar surface area (TPSA) is 35.5 Å². The summed E-state index contributed by atoms with van der Waals surface area (Å²) in [5.41, 5.74) is 0.829. The highest BCUT2D eigenvalue weighted by molar-refractivity contribution is 5.98. The van der Waals surface area contributed by atoms with E-state index in [1.165, 1.54) is 0 Å². The SMILES string of the molecule is C=CCC1=CC(OC2CCCCO2)CC1=O. The van der Waals surface area contributed by atoms with E-state index >= 15 is 0 Å². The van der Waals surface area contributed by atoms with Gasteiger partial charge in [-0.25, -0.2) is 0 Å². The van der Waals surface area contributed by atoms with Gasteiger partial charge in [0.2, 0.25) is 0 Å². The van der Waals surface area contributed by atoms with Crippen molar-refractivity contribution >= 4 is 5.78 Å². The zero-order valence-corrected chi connectivity index (χ0v) is 9.48. The van der Waals surface area contributed by atoms with Crippen molar-refractivity contribution in [1.82, 2.24) is 0 Å². The lowest BCUT2D eigenvalue weighted by atomic mass is 10.1. The van der Waals surface area contributed by atoms with Crippen LogP contribution in [0.25, 0.3) is 0 Å². The van der Waals surface area contributed by atoms with Gasteiger partial charge in [0, 0.05) is 13.0 Å². The molecule has 0 radical (unpaired) electrons. The minimum atomic E-state index is -0.120. The third-order valence-electron chi connectivity index (χ3n) is 2.96. The van der Waals surface area contributed by atoms with E-state index in [0.29, 0.717) is 12.8 Å². The highest BCUT2D eigenvalue weighted by atomic mass is 16.7. The first-order chi connectivity index (χ1) is 7.79. The van der Waals surface area contributed by atoms with E-state index in [0.717, 1.165) is 31.4 Å². The maximum atomic E-state index is 11.6. The normalized spacial score (nSPS) is 30.2. The molecule has 1 heterocycles. The summed E-state index contributed by atoms with van der Waals surface area (Å²) >= 11 is 0. The van der Waals surface area contributed by atoms with Gasteiger partial charge in [-0.05, 0) is 37.3 Å². The molecule has 1 aliphatic heterocycles. The first-order valence-electron chi connectivity index (χ1n) is 5.91. The van der Waals surface area contributed by atoms with E-state index in [2.05, 4.69) is 6.58 Å². The van der Waals surface area contributed by atoms with E-state index in [9.17, 15) is 4.79 Å². The molecule has 1 fully saturated rings. The Morgan fingerprint density at radius 2 is 2.44 bits per heavy atom. The predicted octanol–water partition coefficient (Wildman–Crippen LogP) is 2.37. The number of ether oxygens (including phenoxy) is 2. The van der Waals surface area contributed by atoms with Crippen molar-refractivity contribution in [2.24, 2.45) is 0 Å². The zero-order valence-electron chi connectivity index (χ0n) is 9.48. The third kappa shape index (κ3) is 2.80. The predicted molar refractivity (Wildman–Crippen MR) is 61.0 cm³/mol. The van der Waals surface area contributed by atoms with Crippen LogP contribution in [0, 0.1) is 0 Å². The fourth-order valence-electron chi connectivity index (χ4n) is 2.13. The van der Waals surface area contributed by atoms with Crippen molar-refractivity contribution in [3.05, 3.63) is 24.3 Å². The average Bonchev–Trinajstić information content (AvgIpc) is 2.61. The van der Waals surface area contributed by atoms with Crippen molar-refractivity contribution in [3.8, 4) is 0 Å². The Morgan fingerprint density at radius 3 is 3.12 bits per heavy atom. The number of rotatable bonds is 4. The van der Waals surface area contributed by atoms with Crippen molar-refractivity contribution in [2.75, 3.05) is 6.61 Å². The molecule has 0 aromatic heterocycles. The summed E-state index contributed by atoms with van der Waals surface area (Å²) in [5, 5.41) is 0. The molecule has 3 heteroatoms. The van der Waals surface area contributed by atoms with Crippen LogP contribution in [0.5, 0.6) is 0 Å². The van der Waals surface area contributed by atoms with Gasteiger partial charge in [0.05, 0.1) is 6.10 Å². The van der Waals surface area contributed by atoms with E-state index in [4.69, 9.17) is 9.47 Å². The van der Waals surface area contributed by atoms with E-state index in [-0.39, 0.29) is 18.2 Å². The minimum absolute atomic E-state index is 0.0921. The second-order valence-corrected chi connectivity index (χ2v) is 4.28. The second kappa shape index (κ2) is 5.41. The summed E-state index contributed by atoms with van der Waals surface area (Å²) in [6.45, 7) is 4.41. The van der Waals surface area contributed by atoms with Crippen molar-refractivity contribution in [1.29, 1.82) is 0 Å². The summed E-state index contributed by atoms with van der Waals surface area (Å²) in [6, 6.07) is 0. The Hall–Kier alpha value is -0.930. The molecule has 88 valence electrons. The van der Waals surface area contributed by atoms with E-state index in [1.54, 1.807) is 6.08 Å². The summed E-state index contributed by atoms with van der Waals surface area (Å²) in [7, 11) is 0. The molecule has 16 heavy (non-hydrogen) atoms. The lowest BCUT2D eigenvalue weighted by Gasteiger charge is -2.24. The molecule has 0 aromatic rings. The van der Waals surface area contributed by atoms with Crippen LogP contribution in [0.4, 0.5) is 0 Å². The maximum Gasteiger partial charge on any atom is 0.161 e. The maximum absolute atomic E-state index is 11.6. The second-order valence-electron chi connectivity index (χ2n) is 4.28. The average molecular weight is 222 g/mol. The van der Waals surface area contributed by atoms with Gasteiger partial charge in [-0.1, -0.05) is 6.08 Å². The lowest BCUT2D eigenvalue weighted by Crippen LogP contribution is -2.26. The monoisotopic (exact) mass is 222 g/mol. The molecule has 2 aliphatic rings. The van der Waals surface area contributed by atoms with E-state index in [1.807, 2.05) is 6.08 Å². The molecule has 2 unspecified atom stereocenters. The molecule has 0 bridgehead atoms. The summed E-state index contributed by atoms with van der Waals surface area (Å²) in [6.07, 6.45) is 7.76. The Labute approximate surface area is 96.1 Å². The third-order valence-corrected chi connectivity index (χ3v) is 2.96. The van der Waals surface area contributed by atoms with Crippen LogP contribution >= 0.6 is 0 Å². The molecule has 0 N–H and O–H groups in total. The number of allylic oxidation sites excluding steroid dienone is 2. The summed E-state index contributed by atoms with van der Waals surface area (Å²) in [5.74, 6) is 0.181. The Bertz CT molecular complexity index is 300. The largest absolute Gasteiger partial charge is 0.353 e. The molecule has 1 saturated heterocycles. The zero-order chi connectivity index (χ0) is 11.4. The molecular formula is C13H18O3. The van der Waals surface area contributed by atoms with Gasteiger partial charge < -0.3 is 9.47 Å². The number of carbonyl (C=O) groups is 1. The number of hydrogen-bond acceptors (Lipinski definition) is 3. The lowest BCUT2D eigenvalue weighted by molar-refractivity contribution is -0.178. The van der Waals surface area contributed by atoms with Crippen molar-refractivity contribution < 1.29 is 14.3 Å². The smallest absolute Gasteiger partial charge is 0.161 e. The van der Waals surface area contributed by atoms with Gasteiger partial charge in [0.15, 0.2) is 12.1 Å². The van der Waals surface area contributed by atoms with E-state index < -0.39 is 0 Å². The van der Waals surface area contributed by atoms with Crippen LogP contribution in [-0.4, -0.2) is 24.8 Å². The molecule has 1 aliphatic carbocycles. The molecule has 0 amide bonds. The van der Waals surface area contributed by atoms with Gasteiger partial charge in [-0.2, -0.15) is 0 Å². The molecule has 0 saturated carbocycles. The van der Waals surface area contributed by atoms with Crippen LogP contribution in [0.2, 0.25) is 0 Å². The Kier molecular flexibility index (Phi) is 3.91.